The summed E-state index contributed by atoms with van der Waals surface area (Å²) < 4.78 is 17.8. The highest BCUT2D eigenvalue weighted by Crippen LogP contribution is 2.44. The summed E-state index contributed by atoms with van der Waals surface area (Å²) in [5, 5.41) is 0. The van der Waals surface area contributed by atoms with E-state index in [9.17, 15) is 9.59 Å². The number of hydrogen-bond donors (Lipinski definition) is 0. The van der Waals surface area contributed by atoms with Gasteiger partial charge < -0.3 is 23.8 Å². The second-order valence-electron chi connectivity index (χ2n) is 11.7. The summed E-state index contributed by atoms with van der Waals surface area (Å²) in [6, 6.07) is 7.93. The number of carbonyl (C=O) groups excluding carboxylic acids is 2. The average Bonchev–Trinajstić information content (AvgIpc) is 3.40. The van der Waals surface area contributed by atoms with Gasteiger partial charge in [0.05, 0.1) is 23.2 Å². The largest absolute Gasteiger partial charge is 0.494 e. The maximum atomic E-state index is 13.2. The zero-order chi connectivity index (χ0) is 24.2. The van der Waals surface area contributed by atoms with Crippen molar-refractivity contribution in [2.75, 3.05) is 19.6 Å². The first kappa shape index (κ1) is 24.1. The van der Waals surface area contributed by atoms with Gasteiger partial charge in [0.15, 0.2) is 0 Å². The van der Waals surface area contributed by atoms with Gasteiger partial charge in [-0.1, -0.05) is 24.3 Å². The SMILES string of the molecule is CC(C)(C)OC(=O)N1CCN(C(=O)Cc2ccc(B3OC(C)(C)C(C)(C)O3)cc2)C2(CC2)C1. The van der Waals surface area contributed by atoms with Gasteiger partial charge >= 0.3 is 13.2 Å². The molecular formula is C25H37BN2O5. The van der Waals surface area contributed by atoms with Crippen molar-refractivity contribution < 1.29 is 23.6 Å². The highest BCUT2D eigenvalue weighted by Gasteiger charge is 2.54. The van der Waals surface area contributed by atoms with E-state index >= 15 is 0 Å². The number of hydrogen-bond acceptors (Lipinski definition) is 5. The van der Waals surface area contributed by atoms with Gasteiger partial charge in [0.1, 0.15) is 5.60 Å². The van der Waals surface area contributed by atoms with Gasteiger partial charge in [-0.2, -0.15) is 0 Å². The summed E-state index contributed by atoms with van der Waals surface area (Å²) in [6.07, 6.45) is 1.91. The Kier molecular flexibility index (Phi) is 5.85. The summed E-state index contributed by atoms with van der Waals surface area (Å²) in [4.78, 5) is 29.4. The average molecular weight is 456 g/mol. The lowest BCUT2D eigenvalue weighted by Crippen LogP contribution is -2.59. The number of carbonyl (C=O) groups is 2. The van der Waals surface area contributed by atoms with Crippen LogP contribution in [0.15, 0.2) is 24.3 Å². The van der Waals surface area contributed by atoms with E-state index in [2.05, 4.69) is 0 Å². The molecule has 4 rings (SSSR count). The van der Waals surface area contributed by atoms with Gasteiger partial charge in [-0.05, 0) is 72.3 Å². The predicted molar refractivity (Wildman–Crippen MR) is 127 cm³/mol. The monoisotopic (exact) mass is 456 g/mol. The summed E-state index contributed by atoms with van der Waals surface area (Å²) in [5.41, 5.74) is 0.403. The van der Waals surface area contributed by atoms with E-state index in [0.29, 0.717) is 26.1 Å². The minimum absolute atomic E-state index is 0.111. The molecule has 0 N–H and O–H groups in total. The molecule has 2 saturated heterocycles. The Morgan fingerprint density at radius 3 is 2.09 bits per heavy atom. The van der Waals surface area contributed by atoms with Gasteiger partial charge in [0.25, 0.3) is 0 Å². The van der Waals surface area contributed by atoms with E-state index < -0.39 is 12.7 Å². The molecule has 1 saturated carbocycles. The molecule has 0 bridgehead atoms. The molecule has 1 aromatic carbocycles. The van der Waals surface area contributed by atoms with Gasteiger partial charge in [0, 0.05) is 19.6 Å². The zero-order valence-corrected chi connectivity index (χ0v) is 21.1. The molecule has 2 amide bonds. The van der Waals surface area contributed by atoms with Crippen LogP contribution >= 0.6 is 0 Å². The van der Waals surface area contributed by atoms with E-state index in [1.807, 2.05) is 77.6 Å². The third kappa shape index (κ3) is 4.92. The minimum Gasteiger partial charge on any atom is -0.444 e. The first-order chi connectivity index (χ1) is 15.2. The maximum Gasteiger partial charge on any atom is 0.494 e. The smallest absolute Gasteiger partial charge is 0.444 e. The van der Waals surface area contributed by atoms with E-state index in [1.54, 1.807) is 4.90 Å². The molecule has 180 valence electrons. The Morgan fingerprint density at radius 2 is 1.58 bits per heavy atom. The predicted octanol–water partition coefficient (Wildman–Crippen LogP) is 3.14. The van der Waals surface area contributed by atoms with E-state index in [1.165, 1.54) is 0 Å². The van der Waals surface area contributed by atoms with Crippen molar-refractivity contribution in [3.63, 3.8) is 0 Å². The first-order valence-corrected chi connectivity index (χ1v) is 11.9. The molecule has 0 aromatic heterocycles. The molecule has 33 heavy (non-hydrogen) atoms. The summed E-state index contributed by atoms with van der Waals surface area (Å²) in [7, 11) is -0.407. The lowest BCUT2D eigenvalue weighted by atomic mass is 9.79. The van der Waals surface area contributed by atoms with Gasteiger partial charge in [0.2, 0.25) is 5.91 Å². The molecule has 3 aliphatic rings. The van der Waals surface area contributed by atoms with Crippen molar-refractivity contribution in [2.45, 2.75) is 90.1 Å². The van der Waals surface area contributed by atoms with Crippen LogP contribution in [0.25, 0.3) is 0 Å². The number of nitrogens with zero attached hydrogens (tertiary/aromatic N) is 2. The molecular weight excluding hydrogens is 419 g/mol. The van der Waals surface area contributed by atoms with Gasteiger partial charge in [-0.3, -0.25) is 4.79 Å². The van der Waals surface area contributed by atoms with E-state index in [4.69, 9.17) is 14.0 Å². The molecule has 2 heterocycles. The fourth-order valence-corrected chi connectivity index (χ4v) is 4.46. The quantitative estimate of drug-likeness (QED) is 0.654. The van der Waals surface area contributed by atoms with Crippen LogP contribution in [0.4, 0.5) is 4.79 Å². The molecule has 0 radical (unpaired) electrons. The first-order valence-electron chi connectivity index (χ1n) is 11.9. The lowest BCUT2D eigenvalue weighted by Gasteiger charge is -2.42. The molecule has 7 nitrogen and oxygen atoms in total. The fraction of sp³-hybridized carbons (Fsp3) is 0.680. The third-order valence-corrected chi connectivity index (χ3v) is 7.29. The highest BCUT2D eigenvalue weighted by molar-refractivity contribution is 6.62. The van der Waals surface area contributed by atoms with Crippen molar-refractivity contribution in [1.82, 2.24) is 9.80 Å². The summed E-state index contributed by atoms with van der Waals surface area (Å²) in [5.74, 6) is 0.111. The molecule has 2 aliphatic heterocycles. The Morgan fingerprint density at radius 1 is 1.00 bits per heavy atom. The standard InChI is InChI=1S/C25H37BN2O5/c1-22(2,3)31-21(30)27-14-15-28(25(17-27)12-13-25)20(29)16-18-8-10-19(11-9-18)26-32-23(4,5)24(6,7)33-26/h8-11H,12-17H2,1-7H3. The number of rotatable bonds is 3. The molecule has 3 fully saturated rings. The topological polar surface area (TPSA) is 68.3 Å². The Balaban J connectivity index is 1.36. The Bertz CT molecular complexity index is 902. The van der Waals surface area contributed by atoms with Crippen molar-refractivity contribution in [3.8, 4) is 0 Å². The maximum absolute atomic E-state index is 13.2. The Labute approximate surface area is 197 Å². The molecule has 1 spiro atoms. The van der Waals surface area contributed by atoms with Gasteiger partial charge in [-0.15, -0.1) is 0 Å². The normalized spacial score (nSPS) is 23.1. The second kappa shape index (κ2) is 8.02. The van der Waals surface area contributed by atoms with Crippen molar-refractivity contribution in [3.05, 3.63) is 29.8 Å². The Hall–Kier alpha value is -2.06. The van der Waals surface area contributed by atoms with Crippen LogP contribution in [0.3, 0.4) is 0 Å². The fourth-order valence-electron chi connectivity index (χ4n) is 4.46. The summed E-state index contributed by atoms with van der Waals surface area (Å²) in [6.45, 7) is 15.4. The van der Waals surface area contributed by atoms with E-state index in [-0.39, 0.29) is 28.7 Å². The third-order valence-electron chi connectivity index (χ3n) is 7.29. The number of piperazine rings is 1. The molecule has 1 aliphatic carbocycles. The van der Waals surface area contributed by atoms with Crippen LogP contribution in [0.2, 0.25) is 0 Å². The van der Waals surface area contributed by atoms with Crippen molar-refractivity contribution in [2.24, 2.45) is 0 Å². The van der Waals surface area contributed by atoms with Crippen LogP contribution in [0.5, 0.6) is 0 Å². The van der Waals surface area contributed by atoms with Crippen LogP contribution in [0.1, 0.15) is 66.9 Å². The highest BCUT2D eigenvalue weighted by atomic mass is 16.7. The summed E-state index contributed by atoms with van der Waals surface area (Å²) >= 11 is 0. The number of amides is 2. The lowest BCUT2D eigenvalue weighted by molar-refractivity contribution is -0.136. The molecule has 1 aromatic rings. The molecule has 0 unspecified atom stereocenters. The molecule has 8 heteroatoms. The van der Waals surface area contributed by atoms with Crippen LogP contribution in [-0.4, -0.2) is 70.9 Å². The van der Waals surface area contributed by atoms with Crippen LogP contribution in [-0.2, 0) is 25.3 Å². The minimum atomic E-state index is -0.521. The van der Waals surface area contributed by atoms with E-state index in [0.717, 1.165) is 23.9 Å². The zero-order valence-electron chi connectivity index (χ0n) is 21.1. The second-order valence-corrected chi connectivity index (χ2v) is 11.7. The van der Waals surface area contributed by atoms with Crippen LogP contribution in [0, 0.1) is 0 Å². The van der Waals surface area contributed by atoms with Crippen molar-refractivity contribution in [1.29, 1.82) is 0 Å². The van der Waals surface area contributed by atoms with Crippen molar-refractivity contribution >= 4 is 24.6 Å². The number of ether oxygens (including phenoxy) is 1. The molecule has 0 atom stereocenters. The van der Waals surface area contributed by atoms with Crippen LogP contribution < -0.4 is 5.46 Å². The van der Waals surface area contributed by atoms with Gasteiger partial charge in [-0.25, -0.2) is 4.79 Å². The number of benzene rings is 1.